The zero-order chi connectivity index (χ0) is 15.5. The Hall–Kier alpha value is -1.31. The van der Waals surface area contributed by atoms with E-state index in [1.165, 1.54) is 0 Å². The van der Waals surface area contributed by atoms with E-state index in [1.54, 1.807) is 14.2 Å². The van der Waals surface area contributed by atoms with Crippen LogP contribution in [0, 0.1) is 0 Å². The van der Waals surface area contributed by atoms with Crippen LogP contribution in [0.3, 0.4) is 0 Å². The summed E-state index contributed by atoms with van der Waals surface area (Å²) in [4.78, 5) is 2.16. The largest absolute Gasteiger partial charge is 0.493 e. The summed E-state index contributed by atoms with van der Waals surface area (Å²) in [5.41, 5.74) is 1.15. The van der Waals surface area contributed by atoms with Crippen molar-refractivity contribution in [1.29, 1.82) is 0 Å². The van der Waals surface area contributed by atoms with Gasteiger partial charge in [-0.15, -0.1) is 0 Å². The molecule has 0 radical (unpaired) electrons. The number of hydrogen-bond donors (Lipinski definition) is 0. The topological polar surface area (TPSA) is 65.1 Å². The Balaban J connectivity index is 1.80. The molecule has 0 bridgehead atoms. The van der Waals surface area contributed by atoms with Gasteiger partial charge in [0, 0.05) is 19.6 Å². The van der Waals surface area contributed by atoms with E-state index in [0.717, 1.165) is 30.5 Å². The van der Waals surface area contributed by atoms with Crippen LogP contribution in [0.15, 0.2) is 18.2 Å². The first kappa shape index (κ1) is 16.1. The predicted octanol–water partition coefficient (Wildman–Crippen LogP) is 0.907. The first-order chi connectivity index (χ1) is 9.91. The number of likely N-dealkylation sites (tertiary alicyclic amines) is 1. The van der Waals surface area contributed by atoms with Gasteiger partial charge in [-0.25, -0.2) is 0 Å². The van der Waals surface area contributed by atoms with E-state index in [1.807, 2.05) is 18.2 Å². The molecule has 0 atom stereocenters. The molecule has 21 heavy (non-hydrogen) atoms. The van der Waals surface area contributed by atoms with Crippen LogP contribution in [-0.2, 0) is 20.7 Å². The molecule has 1 fully saturated rings. The first-order valence-electron chi connectivity index (χ1n) is 6.73. The molecule has 118 valence electrons. The van der Waals surface area contributed by atoms with Gasteiger partial charge in [-0.05, 0) is 24.1 Å². The van der Waals surface area contributed by atoms with Crippen molar-refractivity contribution in [3.63, 3.8) is 0 Å². The summed E-state index contributed by atoms with van der Waals surface area (Å²) in [6.07, 6.45) is 1.75. The molecule has 0 unspecified atom stereocenters. The summed E-state index contributed by atoms with van der Waals surface area (Å²) in [7, 11) is -0.123. The van der Waals surface area contributed by atoms with Crippen molar-refractivity contribution in [2.75, 3.05) is 40.1 Å². The maximum atomic E-state index is 11.0. The average Bonchev–Trinajstić information content (AvgIpc) is 2.39. The molecular weight excluding hydrogens is 294 g/mol. The minimum atomic E-state index is -3.35. The Bertz CT molecular complexity index is 581. The zero-order valence-corrected chi connectivity index (χ0v) is 13.4. The van der Waals surface area contributed by atoms with E-state index < -0.39 is 10.1 Å². The molecule has 0 amide bonds. The molecule has 0 aliphatic carbocycles. The summed E-state index contributed by atoms with van der Waals surface area (Å²) in [5.74, 6) is 1.43. The fraction of sp³-hybridized carbons (Fsp3) is 0.571. The van der Waals surface area contributed by atoms with Gasteiger partial charge in [0.25, 0.3) is 10.1 Å². The van der Waals surface area contributed by atoms with E-state index >= 15 is 0 Å². The molecule has 0 saturated carbocycles. The highest BCUT2D eigenvalue weighted by Crippen LogP contribution is 2.28. The van der Waals surface area contributed by atoms with Crippen molar-refractivity contribution in [3.05, 3.63) is 23.8 Å². The second-order valence-corrected chi connectivity index (χ2v) is 6.72. The van der Waals surface area contributed by atoms with Crippen LogP contribution in [0.2, 0.25) is 0 Å². The second kappa shape index (κ2) is 6.64. The Morgan fingerprint density at radius 2 is 1.86 bits per heavy atom. The van der Waals surface area contributed by atoms with Gasteiger partial charge >= 0.3 is 0 Å². The predicted molar refractivity (Wildman–Crippen MR) is 79.4 cm³/mol. The molecule has 6 nitrogen and oxygen atoms in total. The lowest BCUT2D eigenvalue weighted by molar-refractivity contribution is 0.0260. The third-order valence-electron chi connectivity index (χ3n) is 3.40. The molecule has 1 aliphatic heterocycles. The number of nitrogens with zero attached hydrogens (tertiary/aromatic N) is 1. The first-order valence-corrected chi connectivity index (χ1v) is 8.54. The lowest BCUT2D eigenvalue weighted by Gasteiger charge is -2.37. The average molecular weight is 315 g/mol. The number of rotatable bonds is 7. The monoisotopic (exact) mass is 315 g/mol. The smallest absolute Gasteiger partial charge is 0.264 e. The van der Waals surface area contributed by atoms with E-state index in [2.05, 4.69) is 4.90 Å². The van der Waals surface area contributed by atoms with Gasteiger partial charge in [0.2, 0.25) is 0 Å². The van der Waals surface area contributed by atoms with Gasteiger partial charge in [-0.1, -0.05) is 6.07 Å². The van der Waals surface area contributed by atoms with Gasteiger partial charge in [0.05, 0.1) is 20.5 Å². The summed E-state index contributed by atoms with van der Waals surface area (Å²) in [6, 6.07) is 5.86. The molecule has 2 rings (SSSR count). The molecule has 0 N–H and O–H groups in total. The maximum absolute atomic E-state index is 11.0. The summed E-state index contributed by atoms with van der Waals surface area (Å²) in [6.45, 7) is 2.17. The second-order valence-electron chi connectivity index (χ2n) is 5.12. The SMILES string of the molecule is COc1ccc(CCN2CC(OS(C)(=O)=O)C2)cc1OC. The number of hydrogen-bond acceptors (Lipinski definition) is 6. The van der Waals surface area contributed by atoms with Gasteiger partial charge in [-0.2, -0.15) is 8.42 Å². The highest BCUT2D eigenvalue weighted by molar-refractivity contribution is 7.86. The lowest BCUT2D eigenvalue weighted by Crippen LogP contribution is -2.53. The van der Waals surface area contributed by atoms with Crippen molar-refractivity contribution in [2.45, 2.75) is 12.5 Å². The Kier molecular flexibility index (Phi) is 5.08. The van der Waals surface area contributed by atoms with Gasteiger partial charge in [0.15, 0.2) is 11.5 Å². The molecule has 1 aromatic carbocycles. The maximum Gasteiger partial charge on any atom is 0.264 e. The molecule has 0 aromatic heterocycles. The van der Waals surface area contributed by atoms with E-state index in [0.29, 0.717) is 18.8 Å². The van der Waals surface area contributed by atoms with Crippen LogP contribution in [0.5, 0.6) is 11.5 Å². The van der Waals surface area contributed by atoms with E-state index in [9.17, 15) is 8.42 Å². The third-order valence-corrected chi connectivity index (χ3v) is 4.02. The summed E-state index contributed by atoms with van der Waals surface area (Å²) < 4.78 is 37.4. The van der Waals surface area contributed by atoms with Crippen molar-refractivity contribution in [2.24, 2.45) is 0 Å². The van der Waals surface area contributed by atoms with Crippen LogP contribution in [0.4, 0.5) is 0 Å². The standard InChI is InChI=1S/C14H21NO5S/c1-18-13-5-4-11(8-14(13)19-2)6-7-15-9-12(10-15)20-21(3,16)17/h4-5,8,12H,6-7,9-10H2,1-3H3. The van der Waals surface area contributed by atoms with E-state index in [4.69, 9.17) is 13.7 Å². The third kappa shape index (κ3) is 4.59. The highest BCUT2D eigenvalue weighted by atomic mass is 32.2. The highest BCUT2D eigenvalue weighted by Gasteiger charge is 2.29. The van der Waals surface area contributed by atoms with Crippen LogP contribution in [0.1, 0.15) is 5.56 Å². The fourth-order valence-electron chi connectivity index (χ4n) is 2.34. The minimum Gasteiger partial charge on any atom is -0.493 e. The van der Waals surface area contributed by atoms with Gasteiger partial charge in [-0.3, -0.25) is 9.08 Å². The van der Waals surface area contributed by atoms with E-state index in [-0.39, 0.29) is 6.10 Å². The van der Waals surface area contributed by atoms with Crippen LogP contribution >= 0.6 is 0 Å². The van der Waals surface area contributed by atoms with Crippen molar-refractivity contribution >= 4 is 10.1 Å². The summed E-state index contributed by atoms with van der Waals surface area (Å²) >= 11 is 0. The fourth-order valence-corrected chi connectivity index (χ4v) is 2.95. The van der Waals surface area contributed by atoms with Gasteiger partial charge < -0.3 is 9.47 Å². The van der Waals surface area contributed by atoms with Crippen molar-refractivity contribution < 1.29 is 22.1 Å². The number of benzene rings is 1. The number of ether oxygens (including phenoxy) is 2. The summed E-state index contributed by atoms with van der Waals surface area (Å²) in [5, 5.41) is 0. The normalized spacial score (nSPS) is 16.5. The minimum absolute atomic E-state index is 0.203. The van der Waals surface area contributed by atoms with Gasteiger partial charge in [0.1, 0.15) is 6.10 Å². The van der Waals surface area contributed by atoms with Crippen LogP contribution in [-0.4, -0.2) is 59.5 Å². The molecule has 7 heteroatoms. The van der Waals surface area contributed by atoms with Crippen LogP contribution < -0.4 is 9.47 Å². The molecule has 1 saturated heterocycles. The van der Waals surface area contributed by atoms with Crippen LogP contribution in [0.25, 0.3) is 0 Å². The molecule has 1 aliphatic rings. The quantitative estimate of drug-likeness (QED) is 0.697. The Morgan fingerprint density at radius 3 is 2.43 bits per heavy atom. The molecular formula is C14H21NO5S. The van der Waals surface area contributed by atoms with Crippen molar-refractivity contribution in [1.82, 2.24) is 4.90 Å². The zero-order valence-electron chi connectivity index (χ0n) is 12.5. The number of methoxy groups -OCH3 is 2. The molecule has 1 aromatic rings. The lowest BCUT2D eigenvalue weighted by atomic mass is 10.1. The molecule has 1 heterocycles. The van der Waals surface area contributed by atoms with Crippen molar-refractivity contribution in [3.8, 4) is 11.5 Å². The molecule has 0 spiro atoms. The Labute approximate surface area is 125 Å². The Morgan fingerprint density at radius 1 is 1.19 bits per heavy atom.